The van der Waals surface area contributed by atoms with E-state index >= 15 is 0 Å². The van der Waals surface area contributed by atoms with E-state index < -0.39 is 5.41 Å². The van der Waals surface area contributed by atoms with Crippen molar-refractivity contribution in [1.29, 1.82) is 0 Å². The second-order valence-electron chi connectivity index (χ2n) is 9.99. The Balaban J connectivity index is 1.63. The van der Waals surface area contributed by atoms with E-state index in [1.807, 2.05) is 58.9 Å². The summed E-state index contributed by atoms with van der Waals surface area (Å²) in [5, 5.41) is 3.05. The molecule has 33 heavy (non-hydrogen) atoms. The molecular formula is C27H36N2O4. The fourth-order valence-electron chi connectivity index (χ4n) is 3.64. The van der Waals surface area contributed by atoms with Gasteiger partial charge in [0.2, 0.25) is 11.8 Å². The number of amides is 1. The molecule has 1 amide bonds. The van der Waals surface area contributed by atoms with E-state index in [9.17, 15) is 4.79 Å². The summed E-state index contributed by atoms with van der Waals surface area (Å²) in [6.07, 6.45) is 1.46. The number of benzene rings is 2. The van der Waals surface area contributed by atoms with Gasteiger partial charge in [-0.2, -0.15) is 0 Å². The van der Waals surface area contributed by atoms with E-state index in [2.05, 4.69) is 29.4 Å². The molecule has 0 spiro atoms. The number of methoxy groups -OCH3 is 1. The fraction of sp³-hybridized carbons (Fsp3) is 0.481. The van der Waals surface area contributed by atoms with Gasteiger partial charge in [-0.05, 0) is 75.9 Å². The minimum Gasteiger partial charge on any atom is -0.495 e. The Bertz CT molecular complexity index is 1040. The molecule has 0 saturated heterocycles. The highest BCUT2D eigenvalue weighted by Gasteiger charge is 2.30. The van der Waals surface area contributed by atoms with Gasteiger partial charge in [-0.1, -0.05) is 26.0 Å². The molecule has 0 aromatic heterocycles. The van der Waals surface area contributed by atoms with Gasteiger partial charge in [-0.25, -0.2) is 4.99 Å². The van der Waals surface area contributed by atoms with Crippen molar-refractivity contribution in [1.82, 2.24) is 0 Å². The van der Waals surface area contributed by atoms with E-state index in [0.29, 0.717) is 37.0 Å². The topological polar surface area (TPSA) is 69.2 Å². The summed E-state index contributed by atoms with van der Waals surface area (Å²) in [6.45, 7) is 13.1. The molecule has 0 bridgehead atoms. The Morgan fingerprint density at radius 2 is 1.91 bits per heavy atom. The van der Waals surface area contributed by atoms with Crippen LogP contribution in [0.15, 0.2) is 41.4 Å². The van der Waals surface area contributed by atoms with Gasteiger partial charge in [0, 0.05) is 11.0 Å². The van der Waals surface area contributed by atoms with Crippen molar-refractivity contribution in [3.63, 3.8) is 0 Å². The third-order valence-electron chi connectivity index (χ3n) is 5.82. The van der Waals surface area contributed by atoms with Gasteiger partial charge in [-0.3, -0.25) is 4.79 Å². The Morgan fingerprint density at radius 1 is 1.15 bits per heavy atom. The maximum atomic E-state index is 13.1. The molecule has 2 aromatic rings. The number of nitrogens with zero attached hydrogens (tertiary/aromatic N) is 1. The summed E-state index contributed by atoms with van der Waals surface area (Å²) in [6, 6.07) is 11.8. The normalized spacial score (nSPS) is 14.9. The molecule has 0 saturated carbocycles. The number of hydrogen-bond acceptors (Lipinski definition) is 5. The maximum Gasteiger partial charge on any atom is 0.230 e. The van der Waals surface area contributed by atoms with Crippen LogP contribution in [0.25, 0.3) is 0 Å². The number of aryl methyl sites for hydroxylation is 2. The summed E-state index contributed by atoms with van der Waals surface area (Å²) < 4.78 is 17.2. The molecule has 1 heterocycles. The third kappa shape index (κ3) is 6.28. The number of hydrogen-bond donors (Lipinski definition) is 1. The zero-order valence-corrected chi connectivity index (χ0v) is 20.9. The number of carbonyl (C=O) groups is 1. The van der Waals surface area contributed by atoms with Crippen molar-refractivity contribution < 1.29 is 19.0 Å². The smallest absolute Gasteiger partial charge is 0.230 e. The standard InChI is InChI=1S/C27H36N2O4/c1-18-9-10-19(2)23(15-18)32-14-8-13-26(3,4)25(30)28-21-16-20(11-12-22(21)31-7)24-29-27(5,6)17-33-24/h9-12,15-16H,8,13-14,17H2,1-7H3,(H,28,30). The number of anilines is 1. The van der Waals surface area contributed by atoms with Crippen molar-refractivity contribution in [2.75, 3.05) is 25.6 Å². The summed E-state index contributed by atoms with van der Waals surface area (Å²) in [5.74, 6) is 2.01. The lowest BCUT2D eigenvalue weighted by atomic mass is 9.86. The first kappa shape index (κ1) is 24.6. The molecule has 178 valence electrons. The van der Waals surface area contributed by atoms with E-state index in [-0.39, 0.29) is 11.4 Å². The summed E-state index contributed by atoms with van der Waals surface area (Å²) in [5.41, 5.74) is 2.88. The Hall–Kier alpha value is -3.02. The molecule has 2 aromatic carbocycles. The Kier molecular flexibility index (Phi) is 7.35. The molecule has 0 radical (unpaired) electrons. The van der Waals surface area contributed by atoms with Gasteiger partial charge >= 0.3 is 0 Å². The van der Waals surface area contributed by atoms with Crippen LogP contribution in [0, 0.1) is 19.3 Å². The van der Waals surface area contributed by atoms with Crippen molar-refractivity contribution in [3.8, 4) is 11.5 Å². The first-order valence-electron chi connectivity index (χ1n) is 11.4. The maximum absolute atomic E-state index is 13.1. The van der Waals surface area contributed by atoms with Crippen molar-refractivity contribution in [2.24, 2.45) is 10.4 Å². The van der Waals surface area contributed by atoms with E-state index in [0.717, 1.165) is 23.3 Å². The van der Waals surface area contributed by atoms with Crippen LogP contribution >= 0.6 is 0 Å². The zero-order chi connectivity index (χ0) is 24.2. The van der Waals surface area contributed by atoms with Gasteiger partial charge < -0.3 is 19.5 Å². The summed E-state index contributed by atoms with van der Waals surface area (Å²) in [4.78, 5) is 17.8. The van der Waals surface area contributed by atoms with Crippen molar-refractivity contribution >= 4 is 17.5 Å². The quantitative estimate of drug-likeness (QED) is 0.496. The molecule has 3 rings (SSSR count). The Labute approximate surface area is 197 Å². The highest BCUT2D eigenvalue weighted by Crippen LogP contribution is 2.31. The molecule has 0 fully saturated rings. The third-order valence-corrected chi connectivity index (χ3v) is 5.82. The molecule has 1 N–H and O–H groups in total. The Morgan fingerprint density at radius 3 is 2.58 bits per heavy atom. The SMILES string of the molecule is COc1ccc(C2=NC(C)(C)CO2)cc1NC(=O)C(C)(C)CCCOc1cc(C)ccc1C. The average molecular weight is 453 g/mol. The predicted octanol–water partition coefficient (Wildman–Crippen LogP) is 5.69. The minimum atomic E-state index is -0.574. The van der Waals surface area contributed by atoms with Crippen LogP contribution in [0.2, 0.25) is 0 Å². The molecule has 6 nitrogen and oxygen atoms in total. The van der Waals surface area contributed by atoms with E-state index in [1.165, 1.54) is 5.56 Å². The minimum absolute atomic E-state index is 0.0701. The van der Waals surface area contributed by atoms with Crippen LogP contribution in [0.4, 0.5) is 5.69 Å². The molecule has 1 aliphatic heterocycles. The number of ether oxygens (including phenoxy) is 3. The van der Waals surface area contributed by atoms with Crippen molar-refractivity contribution in [2.45, 2.75) is 59.9 Å². The molecule has 0 aliphatic carbocycles. The van der Waals surface area contributed by atoms with Crippen LogP contribution in [0.1, 0.15) is 57.2 Å². The molecule has 0 atom stereocenters. The van der Waals surface area contributed by atoms with Crippen LogP contribution in [0.5, 0.6) is 11.5 Å². The number of rotatable bonds is 9. The van der Waals surface area contributed by atoms with Gasteiger partial charge in [0.25, 0.3) is 0 Å². The van der Waals surface area contributed by atoms with Crippen molar-refractivity contribution in [3.05, 3.63) is 53.1 Å². The van der Waals surface area contributed by atoms with Crippen LogP contribution in [-0.4, -0.2) is 37.7 Å². The predicted molar refractivity (Wildman–Crippen MR) is 133 cm³/mol. The zero-order valence-electron chi connectivity index (χ0n) is 20.9. The van der Waals surface area contributed by atoms with Crippen LogP contribution in [0.3, 0.4) is 0 Å². The lowest BCUT2D eigenvalue weighted by molar-refractivity contribution is -0.124. The summed E-state index contributed by atoms with van der Waals surface area (Å²) in [7, 11) is 1.59. The average Bonchev–Trinajstić information content (AvgIpc) is 3.13. The highest BCUT2D eigenvalue weighted by molar-refractivity contribution is 6.00. The molecule has 1 aliphatic rings. The highest BCUT2D eigenvalue weighted by atomic mass is 16.5. The largest absolute Gasteiger partial charge is 0.495 e. The van der Waals surface area contributed by atoms with Gasteiger partial charge in [0.15, 0.2) is 0 Å². The molecule has 6 heteroatoms. The fourth-order valence-corrected chi connectivity index (χ4v) is 3.64. The van der Waals surface area contributed by atoms with Gasteiger partial charge in [0.05, 0.1) is 24.9 Å². The van der Waals surface area contributed by atoms with Gasteiger partial charge in [-0.15, -0.1) is 0 Å². The molecule has 0 unspecified atom stereocenters. The monoisotopic (exact) mass is 452 g/mol. The number of carbonyl (C=O) groups excluding carboxylic acids is 1. The lowest BCUT2D eigenvalue weighted by Gasteiger charge is -2.24. The molecular weight excluding hydrogens is 416 g/mol. The number of aliphatic imine (C=N–C) groups is 1. The second-order valence-corrected chi connectivity index (χ2v) is 9.99. The second kappa shape index (κ2) is 9.86. The van der Waals surface area contributed by atoms with Gasteiger partial charge in [0.1, 0.15) is 18.1 Å². The first-order chi connectivity index (χ1) is 15.5. The lowest BCUT2D eigenvalue weighted by Crippen LogP contribution is -2.31. The van der Waals surface area contributed by atoms with E-state index in [1.54, 1.807) is 7.11 Å². The number of nitrogens with one attached hydrogen (secondary N) is 1. The summed E-state index contributed by atoms with van der Waals surface area (Å²) >= 11 is 0. The van der Waals surface area contributed by atoms with E-state index in [4.69, 9.17) is 14.2 Å². The van der Waals surface area contributed by atoms with Crippen LogP contribution < -0.4 is 14.8 Å². The first-order valence-corrected chi connectivity index (χ1v) is 11.4. The van der Waals surface area contributed by atoms with Crippen LogP contribution in [-0.2, 0) is 9.53 Å².